The summed E-state index contributed by atoms with van der Waals surface area (Å²) in [5, 5.41) is 3.04. The molecule has 5 heteroatoms. The number of likely N-dealkylation sites (tertiary alicyclic amines) is 1. The molecular formula is C20H31N3O2. The summed E-state index contributed by atoms with van der Waals surface area (Å²) in [6.07, 6.45) is 1.27. The minimum Gasteiger partial charge on any atom is -0.379 e. The smallest absolute Gasteiger partial charge is 0.238 e. The van der Waals surface area contributed by atoms with Gasteiger partial charge in [-0.05, 0) is 36.0 Å². The van der Waals surface area contributed by atoms with E-state index in [1.807, 2.05) is 12.1 Å². The Morgan fingerprint density at radius 3 is 2.36 bits per heavy atom. The summed E-state index contributed by atoms with van der Waals surface area (Å²) in [6, 6.07) is 8.23. The van der Waals surface area contributed by atoms with E-state index in [1.54, 1.807) is 0 Å². The van der Waals surface area contributed by atoms with E-state index in [9.17, 15) is 4.79 Å². The van der Waals surface area contributed by atoms with Crippen molar-refractivity contribution in [3.05, 3.63) is 29.8 Å². The van der Waals surface area contributed by atoms with Crippen LogP contribution in [0, 0.1) is 11.8 Å². The predicted molar refractivity (Wildman–Crippen MR) is 101 cm³/mol. The van der Waals surface area contributed by atoms with Crippen molar-refractivity contribution in [3.8, 4) is 0 Å². The lowest BCUT2D eigenvalue weighted by atomic mass is 9.92. The molecule has 2 saturated heterocycles. The first-order valence-electron chi connectivity index (χ1n) is 9.50. The summed E-state index contributed by atoms with van der Waals surface area (Å²) >= 11 is 0. The van der Waals surface area contributed by atoms with Crippen molar-refractivity contribution in [1.82, 2.24) is 9.80 Å². The number of anilines is 1. The maximum atomic E-state index is 12.3. The summed E-state index contributed by atoms with van der Waals surface area (Å²) in [4.78, 5) is 17.0. The van der Waals surface area contributed by atoms with Gasteiger partial charge in [-0.1, -0.05) is 26.0 Å². The minimum absolute atomic E-state index is 0.0854. The molecule has 2 aliphatic rings. The molecule has 0 aromatic heterocycles. The number of hydrogen-bond acceptors (Lipinski definition) is 4. The number of morpholine rings is 1. The van der Waals surface area contributed by atoms with Gasteiger partial charge in [-0.15, -0.1) is 0 Å². The average molecular weight is 345 g/mol. The first kappa shape index (κ1) is 18.4. The van der Waals surface area contributed by atoms with E-state index in [0.717, 1.165) is 51.6 Å². The largest absolute Gasteiger partial charge is 0.379 e. The molecule has 2 aliphatic heterocycles. The van der Waals surface area contributed by atoms with E-state index in [-0.39, 0.29) is 5.91 Å². The van der Waals surface area contributed by atoms with Crippen LogP contribution >= 0.6 is 0 Å². The lowest BCUT2D eigenvalue weighted by Crippen LogP contribution is -2.42. The highest BCUT2D eigenvalue weighted by Crippen LogP contribution is 2.20. The van der Waals surface area contributed by atoms with Crippen molar-refractivity contribution in [3.63, 3.8) is 0 Å². The summed E-state index contributed by atoms with van der Waals surface area (Å²) in [5.74, 6) is 1.44. The number of carbonyl (C=O) groups excluding carboxylic acids is 1. The molecule has 0 saturated carbocycles. The van der Waals surface area contributed by atoms with Crippen LogP contribution in [0.2, 0.25) is 0 Å². The van der Waals surface area contributed by atoms with E-state index < -0.39 is 0 Å². The van der Waals surface area contributed by atoms with Crippen molar-refractivity contribution in [2.45, 2.75) is 26.8 Å². The molecule has 0 bridgehead atoms. The van der Waals surface area contributed by atoms with Gasteiger partial charge in [0, 0.05) is 38.4 Å². The van der Waals surface area contributed by atoms with Crippen molar-refractivity contribution < 1.29 is 9.53 Å². The fourth-order valence-electron chi connectivity index (χ4n) is 4.04. The van der Waals surface area contributed by atoms with Crippen LogP contribution in [0.25, 0.3) is 0 Å². The molecule has 2 heterocycles. The number of ether oxygens (including phenoxy) is 1. The van der Waals surface area contributed by atoms with Gasteiger partial charge in [-0.2, -0.15) is 0 Å². The SMILES string of the molecule is C[C@@H]1C[C@@H](C)CN(CC(=O)Nc2ccc(CN3CCOCC3)cc2)C1. The second-order valence-electron chi connectivity index (χ2n) is 7.77. The molecular weight excluding hydrogens is 314 g/mol. The van der Waals surface area contributed by atoms with Gasteiger partial charge in [0.25, 0.3) is 0 Å². The lowest BCUT2D eigenvalue weighted by molar-refractivity contribution is -0.117. The van der Waals surface area contributed by atoms with Gasteiger partial charge in [-0.25, -0.2) is 0 Å². The molecule has 2 fully saturated rings. The van der Waals surface area contributed by atoms with Gasteiger partial charge in [0.15, 0.2) is 0 Å². The number of nitrogens with zero attached hydrogens (tertiary/aromatic N) is 2. The Bertz CT molecular complexity index is 545. The van der Waals surface area contributed by atoms with Gasteiger partial charge in [0.2, 0.25) is 5.91 Å². The molecule has 2 atom stereocenters. The fourth-order valence-corrected chi connectivity index (χ4v) is 4.04. The second kappa shape index (κ2) is 8.79. The van der Waals surface area contributed by atoms with Crippen molar-refractivity contribution in [2.24, 2.45) is 11.8 Å². The third-order valence-corrected chi connectivity index (χ3v) is 5.06. The predicted octanol–water partition coefficient (Wildman–Crippen LogP) is 2.44. The maximum absolute atomic E-state index is 12.3. The van der Waals surface area contributed by atoms with Crippen LogP contribution < -0.4 is 5.32 Å². The summed E-state index contributed by atoms with van der Waals surface area (Å²) in [5.41, 5.74) is 2.16. The van der Waals surface area contributed by atoms with Crippen LogP contribution in [0.4, 0.5) is 5.69 Å². The number of benzene rings is 1. The molecule has 0 unspecified atom stereocenters. The maximum Gasteiger partial charge on any atom is 0.238 e. The molecule has 1 aromatic carbocycles. The van der Waals surface area contributed by atoms with Crippen LogP contribution in [0.5, 0.6) is 0 Å². The van der Waals surface area contributed by atoms with E-state index in [2.05, 4.69) is 41.1 Å². The Hall–Kier alpha value is -1.43. The average Bonchev–Trinajstić information content (AvgIpc) is 2.56. The molecule has 138 valence electrons. The quantitative estimate of drug-likeness (QED) is 0.890. The zero-order valence-corrected chi connectivity index (χ0v) is 15.5. The number of carbonyl (C=O) groups is 1. The molecule has 25 heavy (non-hydrogen) atoms. The normalized spacial score (nSPS) is 25.7. The monoisotopic (exact) mass is 345 g/mol. The van der Waals surface area contributed by atoms with Crippen LogP contribution in [-0.4, -0.2) is 61.6 Å². The molecule has 1 amide bonds. The summed E-state index contributed by atoms with van der Waals surface area (Å²) in [6.45, 7) is 11.7. The number of rotatable bonds is 5. The van der Waals surface area contributed by atoms with E-state index in [1.165, 1.54) is 12.0 Å². The Morgan fingerprint density at radius 2 is 1.72 bits per heavy atom. The van der Waals surface area contributed by atoms with Gasteiger partial charge in [0.05, 0.1) is 19.8 Å². The van der Waals surface area contributed by atoms with Gasteiger partial charge >= 0.3 is 0 Å². The molecule has 1 aromatic rings. The Balaban J connectivity index is 1.46. The zero-order chi connectivity index (χ0) is 17.6. The van der Waals surface area contributed by atoms with Crippen LogP contribution in [-0.2, 0) is 16.1 Å². The number of hydrogen-bond donors (Lipinski definition) is 1. The van der Waals surface area contributed by atoms with Gasteiger partial charge < -0.3 is 10.1 Å². The molecule has 0 aliphatic carbocycles. The molecule has 0 spiro atoms. The Kier molecular flexibility index (Phi) is 6.45. The first-order valence-corrected chi connectivity index (χ1v) is 9.50. The third-order valence-electron chi connectivity index (χ3n) is 5.06. The topological polar surface area (TPSA) is 44.8 Å². The van der Waals surface area contributed by atoms with Crippen molar-refractivity contribution >= 4 is 11.6 Å². The second-order valence-corrected chi connectivity index (χ2v) is 7.77. The number of nitrogens with one attached hydrogen (secondary N) is 1. The number of piperidine rings is 1. The standard InChI is InChI=1S/C20H31N3O2/c1-16-11-17(2)13-23(12-16)15-20(24)21-19-5-3-18(4-6-19)14-22-7-9-25-10-8-22/h3-6,16-17H,7-15H2,1-2H3,(H,21,24)/t16-,17-/m1/s1. The Labute approximate surface area is 151 Å². The van der Waals surface area contributed by atoms with Crippen molar-refractivity contribution in [1.29, 1.82) is 0 Å². The highest BCUT2D eigenvalue weighted by Gasteiger charge is 2.23. The third kappa shape index (κ3) is 5.80. The fraction of sp³-hybridized carbons (Fsp3) is 0.650. The molecule has 1 N–H and O–H groups in total. The Morgan fingerprint density at radius 1 is 1.08 bits per heavy atom. The summed E-state index contributed by atoms with van der Waals surface area (Å²) < 4.78 is 5.38. The van der Waals surface area contributed by atoms with E-state index in [4.69, 9.17) is 4.74 Å². The zero-order valence-electron chi connectivity index (χ0n) is 15.5. The van der Waals surface area contributed by atoms with Gasteiger partial charge in [0.1, 0.15) is 0 Å². The van der Waals surface area contributed by atoms with Crippen molar-refractivity contribution in [2.75, 3.05) is 51.3 Å². The van der Waals surface area contributed by atoms with Crippen LogP contribution in [0.15, 0.2) is 24.3 Å². The van der Waals surface area contributed by atoms with Crippen LogP contribution in [0.1, 0.15) is 25.8 Å². The summed E-state index contributed by atoms with van der Waals surface area (Å²) in [7, 11) is 0. The lowest BCUT2D eigenvalue weighted by Gasteiger charge is -2.34. The molecule has 0 radical (unpaired) electrons. The molecule has 5 nitrogen and oxygen atoms in total. The van der Waals surface area contributed by atoms with E-state index in [0.29, 0.717) is 18.4 Å². The highest BCUT2D eigenvalue weighted by atomic mass is 16.5. The highest BCUT2D eigenvalue weighted by molar-refractivity contribution is 5.92. The van der Waals surface area contributed by atoms with E-state index >= 15 is 0 Å². The minimum atomic E-state index is 0.0854. The molecule has 3 rings (SSSR count). The van der Waals surface area contributed by atoms with Crippen LogP contribution in [0.3, 0.4) is 0 Å². The first-order chi connectivity index (χ1) is 12.1. The van der Waals surface area contributed by atoms with Gasteiger partial charge in [-0.3, -0.25) is 14.6 Å². The number of amides is 1.